The van der Waals surface area contributed by atoms with Crippen LogP contribution in [0.25, 0.3) is 0 Å². The third-order valence-corrected chi connectivity index (χ3v) is 1.85. The molecule has 0 fully saturated rings. The molecule has 0 aliphatic heterocycles. The molecule has 1 aromatic heterocycles. The number of aromatic nitrogens is 1. The lowest BCUT2D eigenvalue weighted by Gasteiger charge is -2.16. The van der Waals surface area contributed by atoms with Crippen LogP contribution >= 0.6 is 0 Å². The van der Waals surface area contributed by atoms with E-state index in [9.17, 15) is 5.11 Å². The molecule has 0 aliphatic rings. The summed E-state index contributed by atoms with van der Waals surface area (Å²) in [6, 6.07) is 3.85. The van der Waals surface area contributed by atoms with Crippen molar-refractivity contribution >= 4 is 0 Å². The van der Waals surface area contributed by atoms with Crippen LogP contribution in [-0.2, 0) is 11.3 Å². The van der Waals surface area contributed by atoms with Gasteiger partial charge in [0.25, 0.3) is 0 Å². The topological polar surface area (TPSA) is 42.4 Å². The molecule has 3 nitrogen and oxygen atoms in total. The summed E-state index contributed by atoms with van der Waals surface area (Å²) in [5.74, 6) is 0. The summed E-state index contributed by atoms with van der Waals surface area (Å²) < 4.78 is 5.40. The fraction of sp³-hybridized carbons (Fsp3) is 0.545. The van der Waals surface area contributed by atoms with Gasteiger partial charge >= 0.3 is 0 Å². The van der Waals surface area contributed by atoms with E-state index >= 15 is 0 Å². The van der Waals surface area contributed by atoms with Gasteiger partial charge in [-0.15, -0.1) is 0 Å². The van der Waals surface area contributed by atoms with Crippen molar-refractivity contribution < 1.29 is 9.84 Å². The highest BCUT2D eigenvalue weighted by Gasteiger charge is 2.11. The highest BCUT2D eigenvalue weighted by molar-refractivity contribution is 5.06. The van der Waals surface area contributed by atoms with Crippen molar-refractivity contribution in [3.05, 3.63) is 30.1 Å². The van der Waals surface area contributed by atoms with Crippen molar-refractivity contribution in [3.63, 3.8) is 0 Å². The van der Waals surface area contributed by atoms with E-state index in [1.54, 1.807) is 26.2 Å². The van der Waals surface area contributed by atoms with Crippen molar-refractivity contribution in [2.24, 2.45) is 0 Å². The van der Waals surface area contributed by atoms with Crippen LogP contribution in [0.5, 0.6) is 0 Å². The molecule has 1 rings (SSSR count). The first-order chi connectivity index (χ1) is 6.58. The summed E-state index contributed by atoms with van der Waals surface area (Å²) in [4.78, 5) is 3.98. The number of hydrogen-bond donors (Lipinski definition) is 1. The Bertz CT molecular complexity index is 254. The Balaban J connectivity index is 2.17. The summed E-state index contributed by atoms with van der Waals surface area (Å²) in [5.41, 5.74) is 0.415. The Hall–Kier alpha value is -0.930. The van der Waals surface area contributed by atoms with Gasteiger partial charge in [0.2, 0.25) is 0 Å². The Morgan fingerprint density at radius 2 is 2.29 bits per heavy atom. The molecule has 14 heavy (non-hydrogen) atoms. The first-order valence-corrected chi connectivity index (χ1v) is 4.77. The van der Waals surface area contributed by atoms with Gasteiger partial charge in [0, 0.05) is 19.0 Å². The van der Waals surface area contributed by atoms with Gasteiger partial charge < -0.3 is 9.84 Å². The molecule has 1 N–H and O–H groups in total. The van der Waals surface area contributed by atoms with Crippen LogP contribution in [0.15, 0.2) is 24.5 Å². The van der Waals surface area contributed by atoms with Gasteiger partial charge in [0.1, 0.15) is 0 Å². The molecule has 78 valence electrons. The second kappa shape index (κ2) is 5.08. The molecule has 0 bridgehead atoms. The highest BCUT2D eigenvalue weighted by atomic mass is 16.5. The maximum Gasteiger partial charge on any atom is 0.0731 e. The number of nitrogens with zero attached hydrogens (tertiary/aromatic N) is 1. The summed E-state index contributed by atoms with van der Waals surface area (Å²) in [7, 11) is 0. The van der Waals surface area contributed by atoms with E-state index in [-0.39, 0.29) is 0 Å². The SMILES string of the molecule is CC(C)(O)CCOCc1cccnc1. The molecular weight excluding hydrogens is 178 g/mol. The van der Waals surface area contributed by atoms with E-state index < -0.39 is 5.60 Å². The zero-order valence-electron chi connectivity index (χ0n) is 8.73. The average molecular weight is 195 g/mol. The number of rotatable bonds is 5. The Morgan fingerprint density at radius 3 is 2.86 bits per heavy atom. The normalized spacial score (nSPS) is 11.6. The monoisotopic (exact) mass is 195 g/mol. The first kappa shape index (κ1) is 11.1. The zero-order valence-corrected chi connectivity index (χ0v) is 8.73. The molecule has 1 heterocycles. The van der Waals surface area contributed by atoms with Crippen LogP contribution in [0.2, 0.25) is 0 Å². The smallest absolute Gasteiger partial charge is 0.0731 e. The van der Waals surface area contributed by atoms with Crippen molar-refractivity contribution in [3.8, 4) is 0 Å². The minimum atomic E-state index is -0.644. The van der Waals surface area contributed by atoms with E-state index in [0.717, 1.165) is 5.56 Å². The summed E-state index contributed by atoms with van der Waals surface area (Å²) in [5, 5.41) is 9.42. The molecule has 0 saturated carbocycles. The van der Waals surface area contributed by atoms with Gasteiger partial charge in [-0.25, -0.2) is 0 Å². The fourth-order valence-corrected chi connectivity index (χ4v) is 0.995. The quantitative estimate of drug-likeness (QED) is 0.728. The van der Waals surface area contributed by atoms with Crippen LogP contribution in [0, 0.1) is 0 Å². The maximum atomic E-state index is 9.42. The predicted octanol–water partition coefficient (Wildman–Crippen LogP) is 1.76. The Kier molecular flexibility index (Phi) is 4.04. The van der Waals surface area contributed by atoms with Gasteiger partial charge in [-0.3, -0.25) is 4.98 Å². The van der Waals surface area contributed by atoms with E-state index in [4.69, 9.17) is 4.74 Å². The summed E-state index contributed by atoms with van der Waals surface area (Å²) >= 11 is 0. The third kappa shape index (κ3) is 4.94. The van der Waals surface area contributed by atoms with E-state index in [0.29, 0.717) is 19.6 Å². The summed E-state index contributed by atoms with van der Waals surface area (Å²) in [6.07, 6.45) is 4.16. The van der Waals surface area contributed by atoms with Gasteiger partial charge in [-0.05, 0) is 31.9 Å². The number of pyridine rings is 1. The second-order valence-corrected chi connectivity index (χ2v) is 3.98. The minimum absolute atomic E-state index is 0.559. The van der Waals surface area contributed by atoms with Crippen molar-refractivity contribution in [2.45, 2.75) is 32.5 Å². The van der Waals surface area contributed by atoms with E-state index in [2.05, 4.69) is 4.98 Å². The van der Waals surface area contributed by atoms with Crippen molar-refractivity contribution in [1.82, 2.24) is 4.98 Å². The lowest BCUT2D eigenvalue weighted by Crippen LogP contribution is -2.20. The average Bonchev–Trinajstić information content (AvgIpc) is 2.13. The van der Waals surface area contributed by atoms with Crippen LogP contribution in [0.3, 0.4) is 0 Å². The zero-order chi connectivity index (χ0) is 10.4. The number of aliphatic hydroxyl groups is 1. The third-order valence-electron chi connectivity index (χ3n) is 1.85. The largest absolute Gasteiger partial charge is 0.390 e. The van der Waals surface area contributed by atoms with Crippen LogP contribution in [-0.4, -0.2) is 22.3 Å². The Morgan fingerprint density at radius 1 is 1.50 bits per heavy atom. The molecule has 0 amide bonds. The van der Waals surface area contributed by atoms with Crippen LogP contribution in [0.1, 0.15) is 25.8 Å². The predicted molar refractivity (Wildman–Crippen MR) is 54.8 cm³/mol. The van der Waals surface area contributed by atoms with E-state index in [1.807, 2.05) is 12.1 Å². The molecular formula is C11H17NO2. The first-order valence-electron chi connectivity index (χ1n) is 4.77. The van der Waals surface area contributed by atoms with Crippen molar-refractivity contribution in [2.75, 3.05) is 6.61 Å². The van der Waals surface area contributed by atoms with Gasteiger partial charge in [0.15, 0.2) is 0 Å². The van der Waals surface area contributed by atoms with Crippen molar-refractivity contribution in [1.29, 1.82) is 0 Å². The van der Waals surface area contributed by atoms with Crippen LogP contribution in [0.4, 0.5) is 0 Å². The van der Waals surface area contributed by atoms with Crippen LogP contribution < -0.4 is 0 Å². The van der Waals surface area contributed by atoms with Gasteiger partial charge in [0.05, 0.1) is 12.2 Å². The van der Waals surface area contributed by atoms with Gasteiger partial charge in [-0.1, -0.05) is 6.07 Å². The molecule has 0 spiro atoms. The standard InChI is InChI=1S/C11H17NO2/c1-11(2,13)5-7-14-9-10-4-3-6-12-8-10/h3-4,6,8,13H,5,7,9H2,1-2H3. The molecule has 0 unspecified atom stereocenters. The number of hydrogen-bond acceptors (Lipinski definition) is 3. The highest BCUT2D eigenvalue weighted by Crippen LogP contribution is 2.07. The Labute approximate surface area is 84.7 Å². The molecule has 0 radical (unpaired) electrons. The minimum Gasteiger partial charge on any atom is -0.390 e. The molecule has 3 heteroatoms. The fourth-order valence-electron chi connectivity index (χ4n) is 0.995. The molecule has 0 aromatic carbocycles. The lowest BCUT2D eigenvalue weighted by molar-refractivity contribution is 0.0237. The van der Waals surface area contributed by atoms with Gasteiger partial charge in [-0.2, -0.15) is 0 Å². The molecule has 0 atom stereocenters. The number of ether oxygens (including phenoxy) is 1. The molecule has 0 saturated heterocycles. The molecule has 1 aromatic rings. The second-order valence-electron chi connectivity index (χ2n) is 3.98. The molecule has 0 aliphatic carbocycles. The summed E-state index contributed by atoms with van der Waals surface area (Å²) in [6.45, 7) is 4.68. The maximum absolute atomic E-state index is 9.42. The lowest BCUT2D eigenvalue weighted by atomic mass is 10.1. The van der Waals surface area contributed by atoms with E-state index in [1.165, 1.54) is 0 Å².